The quantitative estimate of drug-likeness (QED) is 0.836. The lowest BCUT2D eigenvalue weighted by Crippen LogP contribution is -1.96. The SMILES string of the molecule is Cc1cccc(-c2cn(C)cc2C(=O)O)c1. The molecule has 0 aliphatic carbocycles. The molecule has 3 heteroatoms. The number of hydrogen-bond acceptors (Lipinski definition) is 1. The van der Waals surface area contributed by atoms with Gasteiger partial charge in [0.2, 0.25) is 0 Å². The van der Waals surface area contributed by atoms with Crippen molar-refractivity contribution in [1.29, 1.82) is 0 Å². The number of carbonyl (C=O) groups is 1. The summed E-state index contributed by atoms with van der Waals surface area (Å²) >= 11 is 0. The highest BCUT2D eigenvalue weighted by Gasteiger charge is 2.13. The lowest BCUT2D eigenvalue weighted by atomic mass is 10.0. The predicted molar refractivity (Wildman–Crippen MR) is 62.5 cm³/mol. The van der Waals surface area contributed by atoms with E-state index in [1.54, 1.807) is 10.8 Å². The number of carboxylic acids is 1. The van der Waals surface area contributed by atoms with Crippen molar-refractivity contribution in [2.24, 2.45) is 7.05 Å². The first-order valence-corrected chi connectivity index (χ1v) is 5.04. The molecule has 0 amide bonds. The molecule has 0 saturated carbocycles. The zero-order chi connectivity index (χ0) is 11.7. The number of carboxylic acid groups (broad SMARTS) is 1. The molecule has 0 fully saturated rings. The Morgan fingerprint density at radius 1 is 1.31 bits per heavy atom. The van der Waals surface area contributed by atoms with Crippen molar-refractivity contribution in [2.45, 2.75) is 6.92 Å². The van der Waals surface area contributed by atoms with Crippen LogP contribution in [0.15, 0.2) is 36.7 Å². The van der Waals surface area contributed by atoms with Crippen LogP contribution in [0.25, 0.3) is 11.1 Å². The first-order valence-electron chi connectivity index (χ1n) is 5.04. The van der Waals surface area contributed by atoms with Crippen LogP contribution in [-0.4, -0.2) is 15.6 Å². The van der Waals surface area contributed by atoms with E-state index in [1.807, 2.05) is 44.4 Å². The number of rotatable bonds is 2. The Labute approximate surface area is 94.0 Å². The number of aryl methyl sites for hydroxylation is 2. The summed E-state index contributed by atoms with van der Waals surface area (Å²) in [6.45, 7) is 1.99. The van der Waals surface area contributed by atoms with E-state index >= 15 is 0 Å². The van der Waals surface area contributed by atoms with Crippen molar-refractivity contribution in [2.75, 3.05) is 0 Å². The standard InChI is InChI=1S/C13H13NO2/c1-9-4-3-5-10(6-9)11-7-14(2)8-12(11)13(15)16/h3-8H,1-2H3,(H,15,16). The van der Waals surface area contributed by atoms with E-state index in [0.29, 0.717) is 5.56 Å². The molecule has 2 rings (SSSR count). The molecule has 1 N–H and O–H groups in total. The van der Waals surface area contributed by atoms with E-state index in [4.69, 9.17) is 5.11 Å². The van der Waals surface area contributed by atoms with Crippen molar-refractivity contribution in [3.8, 4) is 11.1 Å². The molecule has 16 heavy (non-hydrogen) atoms. The van der Waals surface area contributed by atoms with Gasteiger partial charge in [-0.2, -0.15) is 0 Å². The van der Waals surface area contributed by atoms with Crippen LogP contribution in [0.5, 0.6) is 0 Å². The van der Waals surface area contributed by atoms with E-state index < -0.39 is 5.97 Å². The third kappa shape index (κ3) is 1.84. The Morgan fingerprint density at radius 3 is 2.69 bits per heavy atom. The second-order valence-corrected chi connectivity index (χ2v) is 3.93. The number of aromatic nitrogens is 1. The molecular weight excluding hydrogens is 202 g/mol. The highest BCUT2D eigenvalue weighted by molar-refractivity contribution is 5.96. The van der Waals surface area contributed by atoms with Gasteiger partial charge in [0.25, 0.3) is 0 Å². The number of nitrogens with zero attached hydrogens (tertiary/aromatic N) is 1. The summed E-state index contributed by atoms with van der Waals surface area (Å²) in [4.78, 5) is 11.1. The summed E-state index contributed by atoms with van der Waals surface area (Å²) < 4.78 is 1.76. The third-order valence-corrected chi connectivity index (χ3v) is 2.52. The van der Waals surface area contributed by atoms with Gasteiger partial charge in [0, 0.05) is 25.0 Å². The van der Waals surface area contributed by atoms with Gasteiger partial charge in [0.15, 0.2) is 0 Å². The Morgan fingerprint density at radius 2 is 2.06 bits per heavy atom. The van der Waals surface area contributed by atoms with Crippen molar-refractivity contribution < 1.29 is 9.90 Å². The fourth-order valence-corrected chi connectivity index (χ4v) is 1.80. The molecule has 82 valence electrons. The fourth-order valence-electron chi connectivity index (χ4n) is 1.80. The molecule has 0 atom stereocenters. The molecule has 0 unspecified atom stereocenters. The maximum Gasteiger partial charge on any atom is 0.337 e. The summed E-state index contributed by atoms with van der Waals surface area (Å²) in [5, 5.41) is 9.10. The maximum absolute atomic E-state index is 11.1. The van der Waals surface area contributed by atoms with Crippen molar-refractivity contribution in [3.05, 3.63) is 47.8 Å². The van der Waals surface area contributed by atoms with E-state index in [-0.39, 0.29) is 0 Å². The smallest absolute Gasteiger partial charge is 0.337 e. The maximum atomic E-state index is 11.1. The number of hydrogen-bond donors (Lipinski definition) is 1. The second-order valence-electron chi connectivity index (χ2n) is 3.93. The largest absolute Gasteiger partial charge is 0.478 e. The molecule has 1 heterocycles. The minimum Gasteiger partial charge on any atom is -0.478 e. The van der Waals surface area contributed by atoms with Gasteiger partial charge in [-0.15, -0.1) is 0 Å². The van der Waals surface area contributed by atoms with Gasteiger partial charge < -0.3 is 9.67 Å². The molecule has 1 aromatic heterocycles. The highest BCUT2D eigenvalue weighted by atomic mass is 16.4. The van der Waals surface area contributed by atoms with Crippen LogP contribution in [0.2, 0.25) is 0 Å². The Kier molecular flexibility index (Phi) is 2.52. The Hall–Kier alpha value is -2.03. The molecule has 0 aliphatic rings. The molecule has 0 bridgehead atoms. The molecule has 0 aliphatic heterocycles. The van der Waals surface area contributed by atoms with Gasteiger partial charge in [-0.3, -0.25) is 0 Å². The molecule has 2 aromatic rings. The summed E-state index contributed by atoms with van der Waals surface area (Å²) in [5.74, 6) is -0.892. The van der Waals surface area contributed by atoms with Crippen molar-refractivity contribution >= 4 is 5.97 Å². The molecule has 0 spiro atoms. The molecular formula is C13H13NO2. The van der Waals surface area contributed by atoms with Crippen LogP contribution in [-0.2, 0) is 7.05 Å². The van der Waals surface area contributed by atoms with Gasteiger partial charge in [-0.1, -0.05) is 29.8 Å². The minimum atomic E-state index is -0.892. The third-order valence-electron chi connectivity index (χ3n) is 2.52. The fraction of sp³-hybridized carbons (Fsp3) is 0.154. The number of benzene rings is 1. The van der Waals surface area contributed by atoms with E-state index in [0.717, 1.165) is 16.7 Å². The summed E-state index contributed by atoms with van der Waals surface area (Å²) in [6, 6.07) is 7.84. The van der Waals surface area contributed by atoms with E-state index in [1.165, 1.54) is 0 Å². The predicted octanol–water partition coefficient (Wildman–Crippen LogP) is 2.70. The molecule has 3 nitrogen and oxygen atoms in total. The first-order chi connectivity index (χ1) is 7.58. The second kappa shape index (κ2) is 3.85. The van der Waals surface area contributed by atoms with Crippen molar-refractivity contribution in [1.82, 2.24) is 4.57 Å². The zero-order valence-electron chi connectivity index (χ0n) is 9.27. The van der Waals surface area contributed by atoms with E-state index in [2.05, 4.69) is 0 Å². The van der Waals surface area contributed by atoms with Crippen LogP contribution in [0.3, 0.4) is 0 Å². The topological polar surface area (TPSA) is 42.2 Å². The average molecular weight is 215 g/mol. The van der Waals surface area contributed by atoms with Gasteiger partial charge in [-0.25, -0.2) is 4.79 Å². The molecule has 1 aromatic carbocycles. The van der Waals surface area contributed by atoms with Gasteiger partial charge >= 0.3 is 5.97 Å². The highest BCUT2D eigenvalue weighted by Crippen LogP contribution is 2.25. The average Bonchev–Trinajstić information content (AvgIpc) is 2.60. The van der Waals surface area contributed by atoms with Gasteiger partial charge in [0.1, 0.15) is 0 Å². The van der Waals surface area contributed by atoms with Gasteiger partial charge in [-0.05, 0) is 12.5 Å². The van der Waals surface area contributed by atoms with Crippen LogP contribution >= 0.6 is 0 Å². The van der Waals surface area contributed by atoms with Crippen LogP contribution < -0.4 is 0 Å². The van der Waals surface area contributed by atoms with Crippen molar-refractivity contribution in [3.63, 3.8) is 0 Å². The Bertz CT molecular complexity index is 541. The number of aromatic carboxylic acids is 1. The monoisotopic (exact) mass is 215 g/mol. The first kappa shape index (κ1) is 10.5. The lowest BCUT2D eigenvalue weighted by molar-refractivity contribution is 0.0697. The van der Waals surface area contributed by atoms with Crippen LogP contribution in [0.1, 0.15) is 15.9 Å². The summed E-state index contributed by atoms with van der Waals surface area (Å²) in [6.07, 6.45) is 3.46. The summed E-state index contributed by atoms with van der Waals surface area (Å²) in [5.41, 5.74) is 3.17. The lowest BCUT2D eigenvalue weighted by Gasteiger charge is -2.01. The van der Waals surface area contributed by atoms with Crippen LogP contribution in [0.4, 0.5) is 0 Å². The molecule has 0 saturated heterocycles. The van der Waals surface area contributed by atoms with E-state index in [9.17, 15) is 4.79 Å². The van der Waals surface area contributed by atoms with Gasteiger partial charge in [0.05, 0.1) is 5.56 Å². The summed E-state index contributed by atoms with van der Waals surface area (Å²) in [7, 11) is 1.83. The van der Waals surface area contributed by atoms with Crippen LogP contribution in [0, 0.1) is 6.92 Å². The normalized spacial score (nSPS) is 10.4. The molecule has 0 radical (unpaired) electrons. The minimum absolute atomic E-state index is 0.341. The Balaban J connectivity index is 2.59. The zero-order valence-corrected chi connectivity index (χ0v) is 9.27.